The lowest BCUT2D eigenvalue weighted by Crippen LogP contribution is -2.37. The number of ether oxygens (including phenoxy) is 3. The minimum atomic E-state index is -0.334. The first-order valence-electron chi connectivity index (χ1n) is 10.1. The van der Waals surface area contributed by atoms with Crippen molar-refractivity contribution in [2.24, 2.45) is 0 Å². The van der Waals surface area contributed by atoms with Crippen molar-refractivity contribution in [3.8, 4) is 5.88 Å². The highest BCUT2D eigenvalue weighted by molar-refractivity contribution is 5.71. The van der Waals surface area contributed by atoms with Crippen LogP contribution in [0.1, 0.15) is 30.1 Å². The molecule has 0 atom stereocenters. The van der Waals surface area contributed by atoms with E-state index in [1.54, 1.807) is 18.1 Å². The molecule has 2 aromatic heterocycles. The minimum Gasteiger partial charge on any atom is -0.479 e. The molecule has 30 heavy (non-hydrogen) atoms. The summed E-state index contributed by atoms with van der Waals surface area (Å²) in [5.41, 5.74) is 8.75. The summed E-state index contributed by atoms with van der Waals surface area (Å²) < 4.78 is 18.1. The molecule has 0 radical (unpaired) electrons. The smallest absolute Gasteiger partial charge is 0.409 e. The Morgan fingerprint density at radius 2 is 2.07 bits per heavy atom. The number of anilines is 3. The third kappa shape index (κ3) is 3.62. The number of pyridine rings is 1. The molecule has 2 aliphatic rings. The second-order valence-electron chi connectivity index (χ2n) is 7.50. The molecule has 0 unspecified atom stereocenters. The molecular formula is C20H28N6O4. The van der Waals surface area contributed by atoms with Gasteiger partial charge < -0.3 is 29.7 Å². The number of fused-ring (bicyclic) bond motifs is 1. The number of methoxy groups -OCH3 is 2. The van der Waals surface area contributed by atoms with Gasteiger partial charge in [0, 0.05) is 44.5 Å². The van der Waals surface area contributed by atoms with Crippen LogP contribution >= 0.6 is 0 Å². The number of aromatic nitrogens is 3. The number of hydrogen-bond donors (Lipinski definition) is 1. The average Bonchev–Trinajstić information content (AvgIpc) is 3.17. The molecule has 0 bridgehead atoms. The Bertz CT molecular complexity index is 924. The van der Waals surface area contributed by atoms with E-state index in [1.807, 2.05) is 18.0 Å². The number of nitrogens with zero attached hydrogens (tertiary/aromatic N) is 5. The quantitative estimate of drug-likeness (QED) is 0.807. The van der Waals surface area contributed by atoms with Gasteiger partial charge in [-0.1, -0.05) is 0 Å². The van der Waals surface area contributed by atoms with Crippen LogP contribution in [-0.4, -0.2) is 66.8 Å². The Morgan fingerprint density at radius 3 is 2.77 bits per heavy atom. The number of hydrogen-bond acceptors (Lipinski definition) is 8. The number of rotatable bonds is 4. The summed E-state index contributed by atoms with van der Waals surface area (Å²) >= 11 is 0. The summed E-state index contributed by atoms with van der Waals surface area (Å²) in [4.78, 5) is 20.1. The molecule has 2 aliphatic heterocycles. The van der Waals surface area contributed by atoms with Crippen molar-refractivity contribution < 1.29 is 19.0 Å². The van der Waals surface area contributed by atoms with Gasteiger partial charge in [-0.2, -0.15) is 10.1 Å². The maximum Gasteiger partial charge on any atom is 0.409 e. The first-order valence-corrected chi connectivity index (χ1v) is 10.1. The SMILES string of the molecule is COC(=O)N1CCc2c(c(N(C)c3ccc(N)nc3OC)nn2C2CCOCC2)C1. The standard InChI is InChI=1S/C20H28N6O4/c1-24(16-4-5-17(21)22-19(16)28-2)18-14-12-25(20(27)29-3)9-6-15(14)26(23-18)13-7-10-30-11-8-13/h4-5,13H,6-12H2,1-3H3,(H2,21,22). The van der Waals surface area contributed by atoms with Crippen LogP contribution in [0.2, 0.25) is 0 Å². The van der Waals surface area contributed by atoms with E-state index in [0.717, 1.165) is 55.2 Å². The van der Waals surface area contributed by atoms with Gasteiger partial charge in [0.2, 0.25) is 5.88 Å². The highest BCUT2D eigenvalue weighted by atomic mass is 16.5. The van der Waals surface area contributed by atoms with Gasteiger partial charge in [-0.3, -0.25) is 4.68 Å². The van der Waals surface area contributed by atoms with E-state index in [0.29, 0.717) is 24.8 Å². The largest absolute Gasteiger partial charge is 0.479 e. The predicted octanol–water partition coefficient (Wildman–Crippen LogP) is 2.11. The van der Waals surface area contributed by atoms with Crippen LogP contribution in [0.5, 0.6) is 5.88 Å². The summed E-state index contributed by atoms with van der Waals surface area (Å²) in [7, 11) is 4.89. The van der Waals surface area contributed by atoms with Crippen molar-refractivity contribution in [1.82, 2.24) is 19.7 Å². The molecule has 1 amide bonds. The van der Waals surface area contributed by atoms with E-state index in [1.165, 1.54) is 7.11 Å². The Hall–Kier alpha value is -3.01. The number of amides is 1. The van der Waals surface area contributed by atoms with E-state index in [4.69, 9.17) is 25.0 Å². The van der Waals surface area contributed by atoms with Crippen LogP contribution in [0, 0.1) is 0 Å². The molecule has 4 heterocycles. The fourth-order valence-corrected chi connectivity index (χ4v) is 4.18. The lowest BCUT2D eigenvalue weighted by molar-refractivity contribution is 0.0649. The molecule has 162 valence electrons. The fraction of sp³-hybridized carbons (Fsp3) is 0.550. The molecule has 2 aromatic rings. The van der Waals surface area contributed by atoms with Crippen molar-refractivity contribution in [1.29, 1.82) is 0 Å². The molecule has 10 heteroatoms. The summed E-state index contributed by atoms with van der Waals surface area (Å²) in [5, 5.41) is 5.00. The van der Waals surface area contributed by atoms with E-state index in [9.17, 15) is 4.79 Å². The Morgan fingerprint density at radius 1 is 1.30 bits per heavy atom. The van der Waals surface area contributed by atoms with Crippen LogP contribution in [-0.2, 0) is 22.4 Å². The molecular weight excluding hydrogens is 388 g/mol. The third-order valence-corrected chi connectivity index (χ3v) is 5.77. The van der Waals surface area contributed by atoms with Crippen molar-refractivity contribution in [3.63, 3.8) is 0 Å². The van der Waals surface area contributed by atoms with Crippen LogP contribution in [0.15, 0.2) is 12.1 Å². The lowest BCUT2D eigenvalue weighted by Gasteiger charge is -2.29. The number of carbonyl (C=O) groups excluding carboxylic acids is 1. The van der Waals surface area contributed by atoms with Gasteiger partial charge in [0.15, 0.2) is 5.82 Å². The molecule has 10 nitrogen and oxygen atoms in total. The molecule has 0 spiro atoms. The molecule has 4 rings (SSSR count). The van der Waals surface area contributed by atoms with Crippen LogP contribution in [0.3, 0.4) is 0 Å². The zero-order chi connectivity index (χ0) is 21.3. The number of carbonyl (C=O) groups is 1. The average molecular weight is 416 g/mol. The maximum atomic E-state index is 12.2. The molecule has 0 aliphatic carbocycles. The summed E-state index contributed by atoms with van der Waals surface area (Å²) in [5.74, 6) is 1.58. The first-order chi connectivity index (χ1) is 14.5. The first kappa shape index (κ1) is 20.3. The van der Waals surface area contributed by atoms with Crippen molar-refractivity contribution in [3.05, 3.63) is 23.4 Å². The number of nitrogens with two attached hydrogens (primary N) is 1. The second kappa shape index (κ2) is 8.39. The normalized spacial score (nSPS) is 16.8. The molecule has 0 aromatic carbocycles. The van der Waals surface area contributed by atoms with Crippen LogP contribution in [0.25, 0.3) is 0 Å². The van der Waals surface area contributed by atoms with Gasteiger partial charge in [0.1, 0.15) is 11.5 Å². The van der Waals surface area contributed by atoms with E-state index in [2.05, 4.69) is 9.67 Å². The van der Waals surface area contributed by atoms with Gasteiger partial charge in [0.25, 0.3) is 0 Å². The third-order valence-electron chi connectivity index (χ3n) is 5.77. The van der Waals surface area contributed by atoms with Gasteiger partial charge in [-0.05, 0) is 25.0 Å². The summed E-state index contributed by atoms with van der Waals surface area (Å²) in [6.45, 7) is 2.50. The van der Waals surface area contributed by atoms with Crippen molar-refractivity contribution >= 4 is 23.4 Å². The Labute approximate surface area is 175 Å². The minimum absolute atomic E-state index is 0.283. The highest BCUT2D eigenvalue weighted by Gasteiger charge is 2.32. The topological polar surface area (TPSA) is 108 Å². The van der Waals surface area contributed by atoms with Crippen molar-refractivity contribution in [2.75, 3.05) is 51.7 Å². The van der Waals surface area contributed by atoms with Crippen LogP contribution < -0.4 is 15.4 Å². The van der Waals surface area contributed by atoms with Crippen molar-refractivity contribution in [2.45, 2.75) is 31.8 Å². The Balaban J connectivity index is 1.77. The molecule has 1 saturated heterocycles. The summed E-state index contributed by atoms with van der Waals surface area (Å²) in [6.07, 6.45) is 2.23. The van der Waals surface area contributed by atoms with Crippen LogP contribution in [0.4, 0.5) is 22.1 Å². The fourth-order valence-electron chi connectivity index (χ4n) is 4.18. The zero-order valence-electron chi connectivity index (χ0n) is 17.6. The van der Waals surface area contributed by atoms with E-state index < -0.39 is 0 Å². The van der Waals surface area contributed by atoms with Gasteiger partial charge >= 0.3 is 6.09 Å². The zero-order valence-corrected chi connectivity index (χ0v) is 17.6. The van der Waals surface area contributed by atoms with E-state index in [-0.39, 0.29) is 12.1 Å². The number of nitrogen functional groups attached to an aromatic ring is 1. The predicted molar refractivity (Wildman–Crippen MR) is 111 cm³/mol. The molecule has 2 N–H and O–H groups in total. The van der Waals surface area contributed by atoms with Gasteiger partial charge in [0.05, 0.1) is 26.8 Å². The summed E-state index contributed by atoms with van der Waals surface area (Å²) in [6, 6.07) is 3.88. The Kier molecular flexibility index (Phi) is 5.67. The van der Waals surface area contributed by atoms with Gasteiger partial charge in [-0.25, -0.2) is 4.79 Å². The monoisotopic (exact) mass is 416 g/mol. The van der Waals surface area contributed by atoms with E-state index >= 15 is 0 Å². The van der Waals surface area contributed by atoms with Gasteiger partial charge in [-0.15, -0.1) is 0 Å². The molecule has 1 fully saturated rings. The second-order valence-corrected chi connectivity index (χ2v) is 7.50. The molecule has 0 saturated carbocycles. The lowest BCUT2D eigenvalue weighted by atomic mass is 10.0. The highest BCUT2D eigenvalue weighted by Crippen LogP contribution is 2.38. The maximum absolute atomic E-state index is 12.2.